The second-order valence-corrected chi connectivity index (χ2v) is 3.87. The van der Waals surface area contributed by atoms with Crippen molar-refractivity contribution in [3.05, 3.63) is 0 Å². The molecule has 0 amide bonds. The van der Waals surface area contributed by atoms with Crippen molar-refractivity contribution < 1.29 is 0 Å². The summed E-state index contributed by atoms with van der Waals surface area (Å²) in [4.78, 5) is 2.38. The van der Waals surface area contributed by atoms with Crippen LogP contribution in [0.5, 0.6) is 0 Å². The van der Waals surface area contributed by atoms with Crippen molar-refractivity contribution in [3.8, 4) is 0 Å². The first-order valence-electron chi connectivity index (χ1n) is 3.16. The molecule has 0 aliphatic carbocycles. The molecule has 0 aromatic heterocycles. The zero-order valence-electron chi connectivity index (χ0n) is 5.72. The zero-order chi connectivity index (χ0) is 5.98. The highest BCUT2D eigenvalue weighted by Crippen LogP contribution is 1.92. The van der Waals surface area contributed by atoms with Gasteiger partial charge in [0.1, 0.15) is 0 Å². The van der Waals surface area contributed by atoms with Crippen LogP contribution in [0.3, 0.4) is 0 Å². The van der Waals surface area contributed by atoms with Crippen LogP contribution in [-0.2, 0) is 0 Å². The summed E-state index contributed by atoms with van der Waals surface area (Å²) in [5, 5.41) is 0. The van der Waals surface area contributed by atoms with E-state index in [4.69, 9.17) is 0 Å². The van der Waals surface area contributed by atoms with Crippen LogP contribution in [0.4, 0.5) is 0 Å². The summed E-state index contributed by atoms with van der Waals surface area (Å²) in [6.45, 7) is 5.12. The van der Waals surface area contributed by atoms with Crippen LogP contribution in [-0.4, -0.2) is 58.5 Å². The number of rotatable bonds is 0. The van der Waals surface area contributed by atoms with Crippen molar-refractivity contribution in [2.24, 2.45) is 0 Å². The van der Waals surface area contributed by atoms with Gasteiger partial charge in [0.05, 0.1) is 0 Å². The lowest BCUT2D eigenvalue weighted by Gasteiger charge is -2.30. The molecule has 3 heteroatoms. The van der Waals surface area contributed by atoms with Crippen LogP contribution < -0.4 is 0 Å². The van der Waals surface area contributed by atoms with Crippen LogP contribution in [0.2, 0.25) is 0 Å². The van der Waals surface area contributed by atoms with E-state index in [1.165, 1.54) is 42.7 Å². The molecule has 0 atom stereocenters. The van der Waals surface area contributed by atoms with E-state index >= 15 is 0 Å². The smallest absolute Gasteiger partial charge is 0.321 e. The highest BCUT2D eigenvalue weighted by molar-refractivity contribution is 6.04. The van der Waals surface area contributed by atoms with Gasteiger partial charge in [-0.3, -0.25) is 0 Å². The number of piperazine rings is 1. The average molecular weight is 128 g/mol. The van der Waals surface area contributed by atoms with Crippen molar-refractivity contribution >= 4 is 16.5 Å². The summed E-state index contributed by atoms with van der Waals surface area (Å²) in [5.74, 6) is 0. The van der Waals surface area contributed by atoms with Gasteiger partial charge in [-0.05, 0) is 20.1 Å². The fraction of sp³-hybridized carbons (Fsp3) is 1.00. The Bertz CT molecular complexity index is 58.8. The average Bonchev–Trinajstić information content (AvgIpc) is 1.77. The number of nitrogens with zero attached hydrogens (tertiary/aromatic N) is 2. The summed E-state index contributed by atoms with van der Waals surface area (Å²) in [7, 11) is 2.19. The molecule has 46 valence electrons. The van der Waals surface area contributed by atoms with E-state index in [2.05, 4.69) is 15.8 Å². The van der Waals surface area contributed by atoms with Crippen LogP contribution >= 0.6 is 0 Å². The molecule has 0 unspecified atom stereocenters. The van der Waals surface area contributed by atoms with E-state index in [1.807, 2.05) is 0 Å². The third-order valence-corrected chi connectivity index (χ3v) is 2.62. The second-order valence-electron chi connectivity index (χ2n) is 2.61. The summed E-state index contributed by atoms with van der Waals surface area (Å²) in [5.41, 5.74) is 0. The zero-order valence-corrected chi connectivity index (χ0v) is 7.72. The third kappa shape index (κ3) is 1.76. The monoisotopic (exact) mass is 128 g/mol. The minimum atomic E-state index is 1.25. The molecule has 1 aliphatic heterocycles. The molecule has 0 bridgehead atoms. The summed E-state index contributed by atoms with van der Waals surface area (Å²) >= 11 is 1.25. The summed E-state index contributed by atoms with van der Waals surface area (Å²) in [6.07, 6.45) is 0. The van der Waals surface area contributed by atoms with Crippen molar-refractivity contribution in [3.63, 3.8) is 0 Å². The Morgan fingerprint density at radius 3 is 2.00 bits per heavy atom. The van der Waals surface area contributed by atoms with Gasteiger partial charge < -0.3 is 8.78 Å². The van der Waals surface area contributed by atoms with Gasteiger partial charge in [0.25, 0.3) is 0 Å². The molecule has 0 aromatic carbocycles. The maximum atomic E-state index is 2.50. The van der Waals surface area contributed by atoms with E-state index in [-0.39, 0.29) is 0 Å². The Morgan fingerprint density at radius 2 is 1.62 bits per heavy atom. The quantitative estimate of drug-likeness (QED) is 0.377. The van der Waals surface area contributed by atoms with Crippen molar-refractivity contribution in [1.29, 1.82) is 0 Å². The fourth-order valence-corrected chi connectivity index (χ4v) is 1.31. The number of hydrogen-bond donors (Lipinski definition) is 0. The van der Waals surface area contributed by atoms with Crippen LogP contribution in [0.25, 0.3) is 0 Å². The molecule has 1 heterocycles. The normalized spacial score (nSPS) is 26.1. The predicted molar refractivity (Wildman–Crippen MR) is 37.6 cm³/mol. The van der Waals surface area contributed by atoms with Gasteiger partial charge in [0.15, 0.2) is 0 Å². The summed E-state index contributed by atoms with van der Waals surface area (Å²) < 4.78 is 2.50. The molecule has 1 saturated heterocycles. The van der Waals surface area contributed by atoms with E-state index in [9.17, 15) is 0 Å². The topological polar surface area (TPSA) is 6.48 Å². The number of hydrogen-bond acceptors (Lipinski definition) is 2. The van der Waals surface area contributed by atoms with Gasteiger partial charge in [-0.15, -0.1) is 0 Å². The standard InChI is InChI=1S/C5H11N2.Al.2H/c1-7-4-2-6-3-5-7;;;/h2-5H2,1H3;;;/q-1;+1;;. The van der Waals surface area contributed by atoms with Crippen LogP contribution in [0.15, 0.2) is 0 Å². The largest absolute Gasteiger partial charge is 0.388 e. The van der Waals surface area contributed by atoms with E-state index < -0.39 is 0 Å². The maximum absolute atomic E-state index is 2.50. The molecule has 1 fully saturated rings. The highest BCUT2D eigenvalue weighted by Gasteiger charge is 2.07. The van der Waals surface area contributed by atoms with Crippen molar-refractivity contribution in [2.45, 2.75) is 0 Å². The lowest BCUT2D eigenvalue weighted by molar-refractivity contribution is 0.227. The molecule has 2 nitrogen and oxygen atoms in total. The first-order chi connectivity index (χ1) is 3.79. The molecule has 1 aliphatic rings. The Balaban J connectivity index is 2.19. The van der Waals surface area contributed by atoms with E-state index in [1.54, 1.807) is 0 Å². The predicted octanol–water partition coefficient (Wildman–Crippen LogP) is -1.22. The first-order valence-corrected chi connectivity index (χ1v) is 4.05. The van der Waals surface area contributed by atoms with Gasteiger partial charge >= 0.3 is 16.5 Å². The molecule has 0 radical (unpaired) electrons. The van der Waals surface area contributed by atoms with Gasteiger partial charge in [-0.2, -0.15) is 0 Å². The lowest BCUT2D eigenvalue weighted by Crippen LogP contribution is -2.42. The van der Waals surface area contributed by atoms with Gasteiger partial charge in [0, 0.05) is 13.1 Å². The van der Waals surface area contributed by atoms with Gasteiger partial charge in [-0.1, -0.05) is 0 Å². The molecule has 0 N–H and O–H groups in total. The Kier molecular flexibility index (Phi) is 2.33. The molecular weight excluding hydrogens is 115 g/mol. The molecule has 1 rings (SSSR count). The minimum Gasteiger partial charge on any atom is -0.388 e. The Labute approximate surface area is 59.1 Å². The van der Waals surface area contributed by atoms with Gasteiger partial charge in [-0.25, -0.2) is 0 Å². The number of likely N-dealkylation sites (N-methyl/N-ethyl adjacent to an activating group) is 1. The van der Waals surface area contributed by atoms with Crippen molar-refractivity contribution in [1.82, 2.24) is 8.78 Å². The SMILES string of the molecule is CN1CC[N]([AlH2])CC1. The molecule has 0 saturated carbocycles. The third-order valence-electron chi connectivity index (χ3n) is 1.73. The van der Waals surface area contributed by atoms with Crippen LogP contribution in [0.1, 0.15) is 0 Å². The Morgan fingerprint density at radius 1 is 1.12 bits per heavy atom. The van der Waals surface area contributed by atoms with E-state index in [0.717, 1.165) is 0 Å². The maximum Gasteiger partial charge on any atom is 0.321 e. The molecular formula is C5H13AlN2. The highest BCUT2D eigenvalue weighted by atomic mass is 27.1. The Hall–Kier alpha value is 0.452. The molecule has 0 aromatic rings. The van der Waals surface area contributed by atoms with Crippen LogP contribution in [0, 0.1) is 0 Å². The minimum absolute atomic E-state index is 1.25. The summed E-state index contributed by atoms with van der Waals surface area (Å²) in [6, 6.07) is 0. The molecule has 8 heavy (non-hydrogen) atoms. The van der Waals surface area contributed by atoms with E-state index in [0.29, 0.717) is 0 Å². The van der Waals surface area contributed by atoms with Gasteiger partial charge in [0.2, 0.25) is 0 Å². The fourth-order valence-electron chi connectivity index (χ4n) is 0.906. The lowest BCUT2D eigenvalue weighted by atomic mass is 10.4. The van der Waals surface area contributed by atoms with Crippen molar-refractivity contribution in [2.75, 3.05) is 33.2 Å². The molecule has 0 spiro atoms. The first kappa shape index (κ1) is 6.57. The second kappa shape index (κ2) is 2.84.